The lowest BCUT2D eigenvalue weighted by Crippen LogP contribution is -2.33. The van der Waals surface area contributed by atoms with Crippen molar-refractivity contribution in [2.75, 3.05) is 13.1 Å². The van der Waals surface area contributed by atoms with Crippen LogP contribution in [0, 0.1) is 0 Å². The van der Waals surface area contributed by atoms with Gasteiger partial charge in [0.05, 0.1) is 23.3 Å². The second-order valence-electron chi connectivity index (χ2n) is 8.42. The van der Waals surface area contributed by atoms with Gasteiger partial charge in [-0.3, -0.25) is 9.98 Å². The van der Waals surface area contributed by atoms with Crippen LogP contribution in [0.1, 0.15) is 31.9 Å². The summed E-state index contributed by atoms with van der Waals surface area (Å²) >= 11 is 3.47. The van der Waals surface area contributed by atoms with Crippen molar-refractivity contribution in [3.8, 4) is 5.88 Å². The predicted molar refractivity (Wildman–Crippen MR) is 129 cm³/mol. The highest BCUT2D eigenvalue weighted by atomic mass is 79.9. The van der Waals surface area contributed by atoms with Crippen LogP contribution in [0.25, 0.3) is 22.0 Å². The standard InChI is InChI=1S/C23H23BrN4O5/c1-23(2,3)33-21(30)26-9-8-25-19(12-4-6-16-17(10-12)32-22(31)28-16)18-14-11-13(24)5-7-15(14)27-20(18)29/h4-7,10-11,27,29H,8-9H2,1-3H3,(H,26,30)(H,28,31). The number of fused-ring (bicyclic) bond motifs is 2. The third kappa shape index (κ3) is 5.11. The van der Waals surface area contributed by atoms with E-state index in [1.54, 1.807) is 39.0 Å². The lowest BCUT2D eigenvalue weighted by atomic mass is 10.0. The topological polar surface area (TPSA) is 133 Å². The zero-order valence-corrected chi connectivity index (χ0v) is 19.9. The van der Waals surface area contributed by atoms with E-state index in [9.17, 15) is 14.7 Å². The molecule has 4 aromatic rings. The fourth-order valence-electron chi connectivity index (χ4n) is 3.44. The summed E-state index contributed by atoms with van der Waals surface area (Å²) < 4.78 is 11.3. The van der Waals surface area contributed by atoms with Crippen molar-refractivity contribution in [2.45, 2.75) is 26.4 Å². The molecule has 0 aliphatic heterocycles. The molecule has 4 rings (SSSR count). The smallest absolute Gasteiger partial charge is 0.417 e. The Kier molecular flexibility index (Phi) is 6.03. The molecule has 0 radical (unpaired) electrons. The Hall–Kier alpha value is -3.53. The number of H-pyrrole nitrogens is 2. The number of carbonyl (C=O) groups excluding carboxylic acids is 1. The fraction of sp³-hybridized carbons (Fsp3) is 0.261. The van der Waals surface area contributed by atoms with Crippen molar-refractivity contribution in [2.24, 2.45) is 4.99 Å². The number of aromatic amines is 2. The van der Waals surface area contributed by atoms with E-state index in [1.807, 2.05) is 18.2 Å². The van der Waals surface area contributed by atoms with Gasteiger partial charge >= 0.3 is 11.8 Å². The molecule has 0 bridgehead atoms. The van der Waals surface area contributed by atoms with Gasteiger partial charge in [0.15, 0.2) is 11.5 Å². The normalized spacial score (nSPS) is 12.4. The van der Waals surface area contributed by atoms with Crippen LogP contribution in [0.4, 0.5) is 4.79 Å². The SMILES string of the molecule is CC(C)(C)OC(=O)NCCN=C(c1ccc2[nH]c(=O)oc2c1)c1c(O)[nH]c2ccc(Br)cc12. The van der Waals surface area contributed by atoms with E-state index in [0.717, 1.165) is 15.4 Å². The third-order valence-corrected chi connectivity index (χ3v) is 5.22. The summed E-state index contributed by atoms with van der Waals surface area (Å²) in [4.78, 5) is 33.8. The number of carbonyl (C=O) groups is 1. The molecule has 172 valence electrons. The molecule has 2 heterocycles. The van der Waals surface area contributed by atoms with Gasteiger partial charge in [-0.05, 0) is 51.1 Å². The molecule has 33 heavy (non-hydrogen) atoms. The maximum atomic E-state index is 11.9. The van der Waals surface area contributed by atoms with Crippen LogP contribution < -0.4 is 11.1 Å². The molecule has 2 aromatic heterocycles. The second-order valence-corrected chi connectivity index (χ2v) is 9.34. The van der Waals surface area contributed by atoms with Crippen molar-refractivity contribution < 1.29 is 19.1 Å². The van der Waals surface area contributed by atoms with E-state index < -0.39 is 17.5 Å². The molecule has 0 saturated carbocycles. The molecular weight excluding hydrogens is 492 g/mol. The maximum Gasteiger partial charge on any atom is 0.417 e. The van der Waals surface area contributed by atoms with Crippen molar-refractivity contribution >= 4 is 49.7 Å². The number of nitrogens with one attached hydrogen (secondary N) is 3. The molecule has 9 nitrogen and oxygen atoms in total. The number of benzene rings is 2. The monoisotopic (exact) mass is 514 g/mol. The van der Waals surface area contributed by atoms with Gasteiger partial charge in [0.25, 0.3) is 0 Å². The van der Waals surface area contributed by atoms with Gasteiger partial charge in [-0.1, -0.05) is 22.0 Å². The summed E-state index contributed by atoms with van der Waals surface area (Å²) in [6.45, 7) is 5.82. The molecule has 0 aliphatic carbocycles. The summed E-state index contributed by atoms with van der Waals surface area (Å²) in [5.41, 5.74) is 2.68. The van der Waals surface area contributed by atoms with Crippen LogP contribution in [0.5, 0.6) is 5.88 Å². The number of amides is 1. The molecule has 0 fully saturated rings. The number of nitrogens with zero attached hydrogens (tertiary/aromatic N) is 1. The highest BCUT2D eigenvalue weighted by Crippen LogP contribution is 2.32. The number of ether oxygens (including phenoxy) is 1. The Morgan fingerprint density at radius 1 is 1.18 bits per heavy atom. The molecule has 0 aliphatic rings. The Labute approximate surface area is 197 Å². The minimum Gasteiger partial charge on any atom is -0.494 e. The molecule has 1 amide bonds. The first-order valence-corrected chi connectivity index (χ1v) is 11.0. The largest absolute Gasteiger partial charge is 0.494 e. The summed E-state index contributed by atoms with van der Waals surface area (Å²) in [6, 6.07) is 10.8. The van der Waals surface area contributed by atoms with Crippen molar-refractivity contribution in [3.05, 3.63) is 62.5 Å². The fourth-order valence-corrected chi connectivity index (χ4v) is 3.80. The van der Waals surface area contributed by atoms with Crippen LogP contribution >= 0.6 is 15.9 Å². The summed E-state index contributed by atoms with van der Waals surface area (Å²) in [6.07, 6.45) is -0.534. The zero-order chi connectivity index (χ0) is 23.8. The van der Waals surface area contributed by atoms with Gasteiger partial charge in [-0.25, -0.2) is 9.59 Å². The highest BCUT2D eigenvalue weighted by Gasteiger charge is 2.20. The van der Waals surface area contributed by atoms with Crippen molar-refractivity contribution in [1.29, 1.82) is 0 Å². The number of oxazole rings is 1. The van der Waals surface area contributed by atoms with Crippen molar-refractivity contribution in [3.63, 3.8) is 0 Å². The first kappa shape index (κ1) is 22.7. The van der Waals surface area contributed by atoms with Gasteiger partial charge in [0, 0.05) is 27.5 Å². The average Bonchev–Trinajstić information content (AvgIpc) is 3.24. The number of aromatic hydroxyl groups is 1. The first-order valence-electron chi connectivity index (χ1n) is 10.3. The lowest BCUT2D eigenvalue weighted by molar-refractivity contribution is 0.0529. The number of hydrogen-bond donors (Lipinski definition) is 4. The molecule has 0 spiro atoms. The van der Waals surface area contributed by atoms with Gasteiger partial charge in [0.2, 0.25) is 0 Å². The summed E-state index contributed by atoms with van der Waals surface area (Å²) in [5, 5.41) is 14.2. The average molecular weight is 515 g/mol. The van der Waals surface area contributed by atoms with E-state index in [-0.39, 0.29) is 19.0 Å². The van der Waals surface area contributed by atoms with Crippen molar-refractivity contribution in [1.82, 2.24) is 15.3 Å². The molecule has 2 aromatic carbocycles. The highest BCUT2D eigenvalue weighted by molar-refractivity contribution is 9.10. The maximum absolute atomic E-state index is 11.9. The Bertz CT molecular complexity index is 1420. The number of hydrogen-bond acceptors (Lipinski definition) is 6. The lowest BCUT2D eigenvalue weighted by Gasteiger charge is -2.19. The summed E-state index contributed by atoms with van der Waals surface area (Å²) in [5.74, 6) is -0.598. The second kappa shape index (κ2) is 8.78. The minimum atomic E-state index is -0.600. The quantitative estimate of drug-likeness (QED) is 0.231. The van der Waals surface area contributed by atoms with Gasteiger partial charge in [-0.15, -0.1) is 0 Å². The van der Waals surface area contributed by atoms with E-state index in [0.29, 0.717) is 27.9 Å². The molecule has 10 heteroatoms. The molecule has 4 N–H and O–H groups in total. The molecular formula is C23H23BrN4O5. The van der Waals surface area contributed by atoms with E-state index >= 15 is 0 Å². The zero-order valence-electron chi connectivity index (χ0n) is 18.3. The predicted octanol–water partition coefficient (Wildman–Crippen LogP) is 4.43. The number of aliphatic imine (C=N–C) groups is 1. The summed E-state index contributed by atoms with van der Waals surface area (Å²) in [7, 11) is 0. The molecule has 0 saturated heterocycles. The van der Waals surface area contributed by atoms with Crippen LogP contribution in [0.2, 0.25) is 0 Å². The first-order chi connectivity index (χ1) is 15.6. The number of alkyl carbamates (subject to hydrolysis) is 1. The van der Waals surface area contributed by atoms with E-state index in [2.05, 4.69) is 36.2 Å². The van der Waals surface area contributed by atoms with Crippen LogP contribution in [0.15, 0.2) is 55.1 Å². The number of halogens is 1. The molecule has 0 atom stereocenters. The van der Waals surface area contributed by atoms with Gasteiger partial charge in [0.1, 0.15) is 5.60 Å². The van der Waals surface area contributed by atoms with Crippen LogP contribution in [0.3, 0.4) is 0 Å². The van der Waals surface area contributed by atoms with E-state index in [4.69, 9.17) is 9.15 Å². The third-order valence-electron chi connectivity index (χ3n) is 4.72. The number of rotatable bonds is 5. The van der Waals surface area contributed by atoms with Crippen LogP contribution in [-0.2, 0) is 4.74 Å². The minimum absolute atomic E-state index is 0.0439. The van der Waals surface area contributed by atoms with Gasteiger partial charge in [-0.2, -0.15) is 0 Å². The Morgan fingerprint density at radius 2 is 1.94 bits per heavy atom. The van der Waals surface area contributed by atoms with Gasteiger partial charge < -0.3 is 24.6 Å². The Morgan fingerprint density at radius 3 is 2.70 bits per heavy atom. The van der Waals surface area contributed by atoms with Crippen LogP contribution in [-0.4, -0.2) is 45.6 Å². The molecule has 0 unspecified atom stereocenters. The van der Waals surface area contributed by atoms with E-state index in [1.165, 1.54) is 0 Å². The number of aromatic nitrogens is 2. The Balaban J connectivity index is 1.72.